The molecule has 2 aliphatic heterocycles. The van der Waals surface area contributed by atoms with Gasteiger partial charge in [-0.2, -0.15) is 9.78 Å². The van der Waals surface area contributed by atoms with Crippen LogP contribution in [0.25, 0.3) is 16.9 Å². The van der Waals surface area contributed by atoms with E-state index in [1.54, 1.807) is 48.3 Å². The van der Waals surface area contributed by atoms with Crippen molar-refractivity contribution in [2.75, 3.05) is 13.7 Å². The molecule has 0 bridgehead atoms. The minimum absolute atomic E-state index is 0.284. The second-order valence-corrected chi connectivity index (χ2v) is 8.60. The van der Waals surface area contributed by atoms with Gasteiger partial charge in [0.25, 0.3) is 11.5 Å². The van der Waals surface area contributed by atoms with Crippen LogP contribution in [0.5, 0.6) is 5.75 Å². The normalized spacial score (nSPS) is 11.0. The summed E-state index contributed by atoms with van der Waals surface area (Å²) in [6, 6.07) is 22.8. The van der Waals surface area contributed by atoms with E-state index in [1.807, 2.05) is 42.5 Å². The number of halogens is 1. The van der Waals surface area contributed by atoms with E-state index < -0.39 is 0 Å². The highest BCUT2D eigenvalue weighted by Gasteiger charge is 2.24. The third-order valence-corrected chi connectivity index (χ3v) is 6.12. The van der Waals surface area contributed by atoms with Gasteiger partial charge in [0.2, 0.25) is 0 Å². The largest absolute Gasteiger partial charge is 0.496 e. The number of fused-ring (bicyclic) bond motifs is 1. The lowest BCUT2D eigenvalue weighted by Crippen LogP contribution is -2.27. The maximum Gasteiger partial charge on any atom is 0.282 e. The number of ether oxygens (including phenoxy) is 1. The molecule has 0 saturated carbocycles. The molecule has 0 aromatic heterocycles. The minimum atomic E-state index is -0.342. The molecule has 3 aromatic rings. The molecule has 0 aliphatic carbocycles. The fraction of sp³-hybridized carbons (Fsp3) is 0.138. The first-order chi connectivity index (χ1) is 18.0. The van der Waals surface area contributed by atoms with Crippen LogP contribution in [-0.4, -0.2) is 33.9 Å². The zero-order chi connectivity index (χ0) is 25.8. The van der Waals surface area contributed by atoms with Crippen LogP contribution >= 0.6 is 0 Å². The third-order valence-electron chi connectivity index (χ3n) is 6.12. The highest BCUT2D eigenvalue weighted by atomic mass is 19.1. The number of nitrogens with one attached hydrogen (secondary N) is 1. The summed E-state index contributed by atoms with van der Waals surface area (Å²) in [5.74, 6) is 0.0879. The van der Waals surface area contributed by atoms with Crippen LogP contribution < -0.4 is 15.6 Å². The van der Waals surface area contributed by atoms with Crippen molar-refractivity contribution in [3.63, 3.8) is 0 Å². The zero-order valence-corrected chi connectivity index (χ0v) is 20.2. The van der Waals surface area contributed by atoms with E-state index in [0.29, 0.717) is 36.5 Å². The average molecular weight is 497 g/mol. The lowest BCUT2D eigenvalue weighted by molar-refractivity contribution is 0.0953. The monoisotopic (exact) mass is 496 g/mol. The predicted molar refractivity (Wildman–Crippen MR) is 139 cm³/mol. The first-order valence-corrected chi connectivity index (χ1v) is 11.9. The van der Waals surface area contributed by atoms with Crippen molar-refractivity contribution >= 4 is 5.91 Å². The molecule has 2 heterocycles. The van der Waals surface area contributed by atoms with E-state index in [2.05, 4.69) is 10.4 Å². The second-order valence-electron chi connectivity index (χ2n) is 8.60. The number of carbonyl (C=O) groups excluding carboxylic acids is 1. The maximum absolute atomic E-state index is 13.4. The average Bonchev–Trinajstić information content (AvgIpc) is 3.26. The Labute approximate surface area is 213 Å². The van der Waals surface area contributed by atoms with E-state index in [1.165, 1.54) is 16.8 Å². The highest BCUT2D eigenvalue weighted by Crippen LogP contribution is 2.23. The van der Waals surface area contributed by atoms with E-state index >= 15 is 0 Å². The van der Waals surface area contributed by atoms with Gasteiger partial charge in [-0.25, -0.2) is 4.39 Å². The zero-order valence-electron chi connectivity index (χ0n) is 20.2. The molecule has 2 aliphatic rings. The van der Waals surface area contributed by atoms with Crippen molar-refractivity contribution in [2.24, 2.45) is 0 Å². The van der Waals surface area contributed by atoms with Gasteiger partial charge in [-0.15, -0.1) is 0 Å². The Morgan fingerprint density at radius 2 is 1.70 bits per heavy atom. The van der Waals surface area contributed by atoms with E-state index in [-0.39, 0.29) is 22.8 Å². The first-order valence-electron chi connectivity index (χ1n) is 11.9. The number of benzene rings is 3. The molecule has 1 amide bonds. The molecule has 0 spiro atoms. The van der Waals surface area contributed by atoms with Crippen molar-refractivity contribution in [3.8, 4) is 22.7 Å². The predicted octanol–water partition coefficient (Wildman–Crippen LogP) is 4.31. The Hall–Kier alpha value is -4.72. The van der Waals surface area contributed by atoms with Crippen molar-refractivity contribution in [3.05, 3.63) is 124 Å². The summed E-state index contributed by atoms with van der Waals surface area (Å²) in [4.78, 5) is 26.7. The van der Waals surface area contributed by atoms with E-state index in [9.17, 15) is 14.0 Å². The summed E-state index contributed by atoms with van der Waals surface area (Å²) in [5, 5.41) is 7.47. The van der Waals surface area contributed by atoms with Crippen LogP contribution in [0.3, 0.4) is 0 Å². The lowest BCUT2D eigenvalue weighted by Gasteiger charge is -2.14. The van der Waals surface area contributed by atoms with Gasteiger partial charge in [0.1, 0.15) is 17.3 Å². The summed E-state index contributed by atoms with van der Waals surface area (Å²) in [5.41, 5.74) is 3.02. The van der Waals surface area contributed by atoms with Crippen molar-refractivity contribution in [2.45, 2.75) is 13.0 Å². The summed E-state index contributed by atoms with van der Waals surface area (Å²) < 4.78 is 21.8. The molecular weight excluding hydrogens is 471 g/mol. The number of nitrogens with zero attached hydrogens (tertiary/aromatic N) is 3. The van der Waals surface area contributed by atoms with Crippen LogP contribution in [0.2, 0.25) is 0 Å². The smallest absolute Gasteiger partial charge is 0.282 e. The molecule has 3 aromatic carbocycles. The van der Waals surface area contributed by atoms with E-state index in [4.69, 9.17) is 4.74 Å². The molecular formula is C29H25FN4O3. The highest BCUT2D eigenvalue weighted by molar-refractivity contribution is 5.99. The topological polar surface area (TPSA) is 78.1 Å². The number of hydrogen-bond acceptors (Lipinski definition) is 4. The Morgan fingerprint density at radius 1 is 0.973 bits per heavy atom. The molecule has 0 fully saturated rings. The van der Waals surface area contributed by atoms with Gasteiger partial charge >= 0.3 is 0 Å². The standard InChI is InChI=1S/C29H25FN4O3/c1-37-26-10-6-5-7-21(26)15-16-31-28(35)24-18-33(17-20-11-13-22(30)14-12-20)19-25-27(24)32-34(29(25)36)23-8-3-2-4-9-23/h2-14,18-19H,15-17H2,1H3,(H,31,35). The molecule has 1 N–H and O–H groups in total. The number of amides is 1. The first kappa shape index (κ1) is 24.0. The van der Waals surface area contributed by atoms with Crippen LogP contribution in [0.15, 0.2) is 96.1 Å². The summed E-state index contributed by atoms with van der Waals surface area (Å²) >= 11 is 0. The third kappa shape index (κ3) is 5.13. The summed E-state index contributed by atoms with van der Waals surface area (Å²) in [6.45, 7) is 0.727. The number of pyridine rings is 1. The molecule has 0 atom stereocenters. The minimum Gasteiger partial charge on any atom is -0.496 e. The molecule has 0 unspecified atom stereocenters. The Kier molecular flexibility index (Phi) is 6.81. The SMILES string of the molecule is COc1ccccc1CCNC(=O)c1cn(Cc2ccc(F)cc2)cc2c(=O)n(-c3ccccc3)nc1-2. The van der Waals surface area contributed by atoms with Crippen molar-refractivity contribution < 1.29 is 13.9 Å². The van der Waals surface area contributed by atoms with E-state index in [0.717, 1.165) is 16.9 Å². The van der Waals surface area contributed by atoms with Crippen LogP contribution in [0.4, 0.5) is 4.39 Å². The molecule has 186 valence electrons. The summed E-state index contributed by atoms with van der Waals surface area (Å²) in [7, 11) is 1.61. The Morgan fingerprint density at radius 3 is 2.46 bits per heavy atom. The number of hydrogen-bond donors (Lipinski definition) is 1. The molecule has 0 radical (unpaired) electrons. The lowest BCUT2D eigenvalue weighted by atomic mass is 10.1. The van der Waals surface area contributed by atoms with Gasteiger partial charge in [-0.3, -0.25) is 9.59 Å². The number of rotatable bonds is 8. The van der Waals surface area contributed by atoms with Gasteiger partial charge in [0.05, 0.1) is 23.9 Å². The van der Waals surface area contributed by atoms with Crippen LogP contribution in [0.1, 0.15) is 21.5 Å². The molecule has 7 nitrogen and oxygen atoms in total. The quantitative estimate of drug-likeness (QED) is 0.347. The van der Waals surface area contributed by atoms with Gasteiger partial charge in [-0.05, 0) is 47.9 Å². The Balaban J connectivity index is 1.49. The fourth-order valence-electron chi connectivity index (χ4n) is 4.28. The fourth-order valence-corrected chi connectivity index (χ4v) is 4.28. The number of para-hydroxylation sites is 2. The maximum atomic E-state index is 13.4. The van der Waals surface area contributed by atoms with Gasteiger partial charge in [0.15, 0.2) is 0 Å². The van der Waals surface area contributed by atoms with Gasteiger partial charge in [0, 0.05) is 25.5 Å². The molecule has 0 saturated heterocycles. The van der Waals surface area contributed by atoms with Gasteiger partial charge < -0.3 is 14.6 Å². The molecule has 8 heteroatoms. The van der Waals surface area contributed by atoms with Gasteiger partial charge in [-0.1, -0.05) is 48.5 Å². The summed E-state index contributed by atoms with van der Waals surface area (Å²) in [6.07, 6.45) is 3.93. The van der Waals surface area contributed by atoms with Crippen molar-refractivity contribution in [1.82, 2.24) is 19.7 Å². The number of methoxy groups -OCH3 is 1. The van der Waals surface area contributed by atoms with Crippen LogP contribution in [-0.2, 0) is 13.0 Å². The molecule has 5 rings (SSSR count). The van der Waals surface area contributed by atoms with Crippen LogP contribution in [0, 0.1) is 5.82 Å². The Bertz CT molecular complexity index is 1560. The van der Waals surface area contributed by atoms with Crippen molar-refractivity contribution in [1.29, 1.82) is 0 Å². The number of carbonyl (C=O) groups is 1. The number of aromatic nitrogens is 3. The molecule has 37 heavy (non-hydrogen) atoms. The second kappa shape index (κ2) is 10.5.